The summed E-state index contributed by atoms with van der Waals surface area (Å²) in [7, 11) is 0. The minimum Gasteiger partial charge on any atom is -0.374 e. The lowest BCUT2D eigenvalue weighted by Gasteiger charge is -2.47. The average molecular weight is 560 g/mol. The highest BCUT2D eigenvalue weighted by Crippen LogP contribution is 2.52. The second-order valence-corrected chi connectivity index (χ2v) is 11.8. The molecular weight excluding hydrogens is 539 g/mol. The van der Waals surface area contributed by atoms with Gasteiger partial charge in [-0.1, -0.05) is 68.4 Å². The van der Waals surface area contributed by atoms with Gasteiger partial charge in [-0.25, -0.2) is 4.85 Å². The molecule has 202 valence electrons. The molecule has 5 aromatic carbocycles. The predicted molar refractivity (Wildman–Crippen MR) is 174 cm³/mol. The highest BCUT2D eigenvalue weighted by molar-refractivity contribution is 6.88. The van der Waals surface area contributed by atoms with Crippen molar-refractivity contribution in [1.29, 1.82) is 15.8 Å². The molecule has 7 heteroatoms. The zero-order valence-electron chi connectivity index (χ0n) is 23.9. The molecule has 3 heterocycles. The van der Waals surface area contributed by atoms with Gasteiger partial charge in [0.15, 0.2) is 5.69 Å². The van der Waals surface area contributed by atoms with E-state index in [1.165, 1.54) is 11.1 Å². The Bertz CT molecular complexity index is 2350. The molecule has 0 amide bonds. The van der Waals surface area contributed by atoms with Gasteiger partial charge in [0, 0.05) is 22.2 Å². The monoisotopic (exact) mass is 560 g/mol. The molecule has 0 unspecified atom stereocenters. The van der Waals surface area contributed by atoms with E-state index in [2.05, 4.69) is 101 Å². The minimum absolute atomic E-state index is 0.280. The van der Waals surface area contributed by atoms with Crippen molar-refractivity contribution in [2.24, 2.45) is 0 Å². The third-order valence-corrected chi connectivity index (χ3v) is 9.28. The number of hydrogen-bond donors (Lipinski definition) is 0. The minimum atomic E-state index is -0.399. The predicted octanol–water partition coefficient (Wildman–Crippen LogP) is 7.04. The Morgan fingerprint density at radius 3 is 2.07 bits per heavy atom. The van der Waals surface area contributed by atoms with Crippen LogP contribution in [0.3, 0.4) is 0 Å². The van der Waals surface area contributed by atoms with Crippen LogP contribution in [0.5, 0.6) is 0 Å². The fraction of sp³-hybridized carbons (Fsp3) is 0.0811. The molecular formula is C37H21BN6. The SMILES string of the molecule is [C-]#[N+]c1cc(C#N)c2c(c1)c1cc(C#N)cc(C#N)c1n2B1c2ccccc2N2c3ccccc3C(C)(C)c3cccc1c32. The van der Waals surface area contributed by atoms with Crippen molar-refractivity contribution in [3.05, 3.63) is 130 Å². The van der Waals surface area contributed by atoms with E-state index in [1.54, 1.807) is 24.3 Å². The number of rotatable bonds is 1. The molecule has 2 aliphatic rings. The van der Waals surface area contributed by atoms with Gasteiger partial charge in [0.25, 0.3) is 0 Å². The van der Waals surface area contributed by atoms with Gasteiger partial charge < -0.3 is 9.38 Å². The van der Waals surface area contributed by atoms with Crippen LogP contribution in [0.4, 0.5) is 22.7 Å². The third kappa shape index (κ3) is 3.11. The van der Waals surface area contributed by atoms with Gasteiger partial charge in [-0.05, 0) is 63.8 Å². The number of benzene rings is 5. The van der Waals surface area contributed by atoms with Crippen LogP contribution in [-0.4, -0.2) is 11.3 Å². The summed E-state index contributed by atoms with van der Waals surface area (Å²) in [4.78, 5) is 6.00. The zero-order chi connectivity index (χ0) is 30.3. The van der Waals surface area contributed by atoms with E-state index in [1.807, 2.05) is 12.1 Å². The first-order valence-electron chi connectivity index (χ1n) is 14.3. The Labute approximate surface area is 254 Å². The summed E-state index contributed by atoms with van der Waals surface area (Å²) in [6.07, 6.45) is 0. The molecule has 0 radical (unpaired) electrons. The van der Waals surface area contributed by atoms with Crippen LogP contribution < -0.4 is 15.8 Å². The lowest BCUT2D eigenvalue weighted by atomic mass is 9.46. The van der Waals surface area contributed by atoms with Crippen molar-refractivity contribution in [3.8, 4) is 18.2 Å². The molecule has 0 N–H and O–H groups in total. The first kappa shape index (κ1) is 25.4. The average Bonchev–Trinajstić information content (AvgIpc) is 3.39. The Kier molecular flexibility index (Phi) is 5.12. The number of nitriles is 3. The maximum absolute atomic E-state index is 10.4. The molecule has 8 rings (SSSR count). The smallest absolute Gasteiger partial charge is 0.332 e. The van der Waals surface area contributed by atoms with Crippen LogP contribution in [-0.2, 0) is 5.41 Å². The fourth-order valence-corrected chi connectivity index (χ4v) is 7.47. The van der Waals surface area contributed by atoms with Gasteiger partial charge in [-0.15, -0.1) is 0 Å². The van der Waals surface area contributed by atoms with Crippen molar-refractivity contribution in [3.63, 3.8) is 0 Å². The summed E-state index contributed by atoms with van der Waals surface area (Å²) in [6.45, 7) is 11.8. The molecule has 0 bridgehead atoms. The topological polar surface area (TPSA) is 83.9 Å². The molecule has 0 saturated carbocycles. The number of aromatic nitrogens is 1. The summed E-state index contributed by atoms with van der Waals surface area (Å²) >= 11 is 0. The number of hydrogen-bond acceptors (Lipinski definition) is 4. The van der Waals surface area contributed by atoms with Crippen LogP contribution in [0.2, 0.25) is 0 Å². The van der Waals surface area contributed by atoms with Crippen molar-refractivity contribution >= 4 is 62.3 Å². The van der Waals surface area contributed by atoms with Gasteiger partial charge in [-0.2, -0.15) is 15.8 Å². The summed E-state index contributed by atoms with van der Waals surface area (Å²) in [5.41, 5.74) is 10.1. The normalized spacial score (nSPS) is 13.7. The highest BCUT2D eigenvalue weighted by atomic mass is 15.2. The van der Waals surface area contributed by atoms with Gasteiger partial charge in [-0.3, -0.25) is 0 Å². The Balaban J connectivity index is 1.59. The number of anilines is 3. The largest absolute Gasteiger partial charge is 0.374 e. The lowest BCUT2D eigenvalue weighted by Crippen LogP contribution is -2.56. The van der Waals surface area contributed by atoms with Gasteiger partial charge in [0.2, 0.25) is 0 Å². The van der Waals surface area contributed by atoms with Crippen LogP contribution in [0, 0.1) is 40.6 Å². The maximum Gasteiger partial charge on any atom is 0.332 e. The first-order valence-corrected chi connectivity index (χ1v) is 14.3. The summed E-state index contributed by atoms with van der Waals surface area (Å²) in [6, 6.07) is 36.9. The summed E-state index contributed by atoms with van der Waals surface area (Å²) in [5, 5.41) is 32.1. The van der Waals surface area contributed by atoms with Crippen molar-refractivity contribution < 1.29 is 0 Å². The van der Waals surface area contributed by atoms with E-state index in [9.17, 15) is 15.8 Å². The second-order valence-electron chi connectivity index (χ2n) is 11.8. The standard InChI is InChI=1S/C37H21BN6/c1-37(2)28-9-4-6-13-32(28)43-33-14-7-5-11-30(33)38(31-12-8-10-29(37)36(31)43)44-34-23(20-40)15-22(19-39)16-26(34)27-18-25(42-3)17-24(21-41)35(27)44/h4-18H,1-2H3. The van der Waals surface area contributed by atoms with Crippen LogP contribution in [0.1, 0.15) is 41.7 Å². The fourth-order valence-electron chi connectivity index (χ4n) is 7.47. The zero-order valence-corrected chi connectivity index (χ0v) is 23.9. The van der Waals surface area contributed by atoms with E-state index in [-0.39, 0.29) is 5.41 Å². The molecule has 6 nitrogen and oxygen atoms in total. The van der Waals surface area contributed by atoms with Crippen LogP contribution in [0.15, 0.2) is 91.0 Å². The van der Waals surface area contributed by atoms with E-state index < -0.39 is 6.85 Å². The Hall–Kier alpha value is -6.28. The lowest BCUT2D eigenvalue weighted by molar-refractivity contribution is 0.632. The third-order valence-electron chi connectivity index (χ3n) is 9.28. The second kappa shape index (κ2) is 8.86. The van der Waals surface area contributed by atoms with Crippen LogP contribution in [0.25, 0.3) is 26.7 Å². The Morgan fingerprint density at radius 2 is 1.34 bits per heavy atom. The molecule has 0 atom stereocenters. The van der Waals surface area contributed by atoms with E-state index in [4.69, 9.17) is 6.57 Å². The van der Waals surface area contributed by atoms with Crippen molar-refractivity contribution in [2.75, 3.05) is 4.90 Å². The molecule has 0 fully saturated rings. The van der Waals surface area contributed by atoms with E-state index >= 15 is 0 Å². The number of para-hydroxylation sites is 3. The maximum atomic E-state index is 10.4. The first-order chi connectivity index (χ1) is 21.4. The number of fused-ring (bicyclic) bond motifs is 7. The summed E-state index contributed by atoms with van der Waals surface area (Å²) < 4.78 is 2.11. The molecule has 0 aliphatic carbocycles. The van der Waals surface area contributed by atoms with Crippen molar-refractivity contribution in [2.45, 2.75) is 19.3 Å². The van der Waals surface area contributed by atoms with Gasteiger partial charge in [0.1, 0.15) is 6.07 Å². The quantitative estimate of drug-likeness (QED) is 0.159. The number of nitrogens with zero attached hydrogens (tertiary/aromatic N) is 6. The molecule has 0 saturated heterocycles. The Morgan fingerprint density at radius 1 is 0.705 bits per heavy atom. The van der Waals surface area contributed by atoms with Gasteiger partial charge in [0.05, 0.1) is 52.1 Å². The molecule has 1 aromatic heterocycles. The van der Waals surface area contributed by atoms with E-state index in [0.717, 1.165) is 28.0 Å². The van der Waals surface area contributed by atoms with Gasteiger partial charge >= 0.3 is 6.85 Å². The van der Waals surface area contributed by atoms with Crippen LogP contribution >= 0.6 is 0 Å². The van der Waals surface area contributed by atoms with Crippen molar-refractivity contribution in [1.82, 2.24) is 4.48 Å². The molecule has 44 heavy (non-hydrogen) atoms. The molecule has 6 aromatic rings. The van der Waals surface area contributed by atoms with E-state index in [0.29, 0.717) is 44.2 Å². The molecule has 0 spiro atoms. The molecule has 2 aliphatic heterocycles. The highest BCUT2D eigenvalue weighted by Gasteiger charge is 2.45. The summed E-state index contributed by atoms with van der Waals surface area (Å²) in [5.74, 6) is 0.